The van der Waals surface area contributed by atoms with Crippen LogP contribution in [0.15, 0.2) is 54.1 Å². The second kappa shape index (κ2) is 9.35. The SMILES string of the molecule is COc1ccc(NC(C/C=C(\C)C=O)(c2ccccc2Cl)C(C)(C)C)c(C(F)(F)F)c1. The predicted octanol–water partition coefficient (Wildman–Crippen LogP) is 7.26. The molecule has 2 aromatic rings. The van der Waals surface area contributed by atoms with Gasteiger partial charge in [0.15, 0.2) is 0 Å². The fourth-order valence-electron chi connectivity index (χ4n) is 3.52. The highest BCUT2D eigenvalue weighted by molar-refractivity contribution is 6.31. The van der Waals surface area contributed by atoms with Gasteiger partial charge in [0.2, 0.25) is 0 Å². The molecule has 0 radical (unpaired) electrons. The zero-order valence-corrected chi connectivity index (χ0v) is 19.0. The van der Waals surface area contributed by atoms with Crippen LogP contribution in [0.3, 0.4) is 0 Å². The second-order valence-corrected chi connectivity index (χ2v) is 8.85. The van der Waals surface area contributed by atoms with Gasteiger partial charge in [0.25, 0.3) is 0 Å². The van der Waals surface area contributed by atoms with E-state index in [4.69, 9.17) is 16.3 Å². The zero-order chi connectivity index (χ0) is 23.4. The summed E-state index contributed by atoms with van der Waals surface area (Å²) in [6, 6.07) is 10.8. The van der Waals surface area contributed by atoms with Gasteiger partial charge in [-0.1, -0.05) is 56.6 Å². The molecule has 168 valence electrons. The summed E-state index contributed by atoms with van der Waals surface area (Å²) in [4.78, 5) is 11.2. The largest absolute Gasteiger partial charge is 0.497 e. The smallest absolute Gasteiger partial charge is 0.418 e. The minimum absolute atomic E-state index is 0.0969. The minimum Gasteiger partial charge on any atom is -0.497 e. The summed E-state index contributed by atoms with van der Waals surface area (Å²) in [6.07, 6.45) is -1.93. The Morgan fingerprint density at radius 2 is 1.74 bits per heavy atom. The maximum Gasteiger partial charge on any atom is 0.418 e. The summed E-state index contributed by atoms with van der Waals surface area (Å²) in [6.45, 7) is 7.42. The van der Waals surface area contributed by atoms with Crippen LogP contribution in [0.25, 0.3) is 0 Å². The number of benzene rings is 2. The fraction of sp³-hybridized carbons (Fsp3) is 0.375. The zero-order valence-electron chi connectivity index (χ0n) is 18.2. The minimum atomic E-state index is -4.60. The maximum atomic E-state index is 13.9. The molecule has 0 saturated carbocycles. The number of methoxy groups -OCH3 is 1. The number of carbonyl (C=O) groups is 1. The molecule has 7 heteroatoms. The molecule has 0 fully saturated rings. The lowest BCUT2D eigenvalue weighted by atomic mass is 9.67. The number of hydrogen-bond donors (Lipinski definition) is 1. The molecule has 0 heterocycles. The van der Waals surface area contributed by atoms with Crippen LogP contribution < -0.4 is 10.1 Å². The van der Waals surface area contributed by atoms with Gasteiger partial charge >= 0.3 is 6.18 Å². The van der Waals surface area contributed by atoms with Crippen LogP contribution in [0, 0.1) is 5.41 Å². The van der Waals surface area contributed by atoms with Gasteiger partial charge in [-0.3, -0.25) is 4.79 Å². The van der Waals surface area contributed by atoms with Crippen molar-refractivity contribution in [3.05, 3.63) is 70.3 Å². The first-order valence-electron chi connectivity index (χ1n) is 9.76. The monoisotopic (exact) mass is 453 g/mol. The van der Waals surface area contributed by atoms with Crippen molar-refractivity contribution in [2.45, 2.75) is 45.8 Å². The molecular weight excluding hydrogens is 427 g/mol. The van der Waals surface area contributed by atoms with Crippen molar-refractivity contribution in [2.75, 3.05) is 12.4 Å². The summed E-state index contributed by atoms with van der Waals surface area (Å²) >= 11 is 6.53. The van der Waals surface area contributed by atoms with Crippen LogP contribution in [0.2, 0.25) is 5.02 Å². The Labute approximate surface area is 186 Å². The van der Waals surface area contributed by atoms with E-state index < -0.39 is 22.7 Å². The first kappa shape index (κ1) is 24.8. The number of alkyl halides is 3. The number of halogens is 4. The van der Waals surface area contributed by atoms with Crippen molar-refractivity contribution in [3.63, 3.8) is 0 Å². The highest BCUT2D eigenvalue weighted by Gasteiger charge is 2.45. The topological polar surface area (TPSA) is 38.3 Å². The molecule has 0 aliphatic heterocycles. The Bertz CT molecular complexity index is 964. The van der Waals surface area contributed by atoms with E-state index in [2.05, 4.69) is 5.32 Å². The molecule has 0 aromatic heterocycles. The van der Waals surface area contributed by atoms with Crippen LogP contribution in [0.4, 0.5) is 18.9 Å². The van der Waals surface area contributed by atoms with Gasteiger partial charge in [-0.25, -0.2) is 0 Å². The van der Waals surface area contributed by atoms with Gasteiger partial charge in [0, 0.05) is 10.7 Å². The van der Waals surface area contributed by atoms with Crippen molar-refractivity contribution in [2.24, 2.45) is 5.41 Å². The number of carbonyl (C=O) groups excluding carboxylic acids is 1. The number of nitrogens with one attached hydrogen (secondary N) is 1. The normalized spacial score (nSPS) is 14.7. The molecule has 0 bridgehead atoms. The predicted molar refractivity (Wildman–Crippen MR) is 119 cm³/mol. The van der Waals surface area contributed by atoms with E-state index in [1.165, 1.54) is 19.2 Å². The van der Waals surface area contributed by atoms with Crippen molar-refractivity contribution in [3.8, 4) is 5.75 Å². The molecule has 1 N–H and O–H groups in total. The fourth-order valence-corrected chi connectivity index (χ4v) is 3.82. The highest BCUT2D eigenvalue weighted by atomic mass is 35.5. The average molecular weight is 454 g/mol. The number of hydrogen-bond acceptors (Lipinski definition) is 3. The van der Waals surface area contributed by atoms with E-state index in [9.17, 15) is 18.0 Å². The molecule has 2 rings (SSSR count). The lowest BCUT2D eigenvalue weighted by Gasteiger charge is -2.47. The van der Waals surface area contributed by atoms with Crippen LogP contribution in [-0.2, 0) is 16.5 Å². The molecule has 0 saturated heterocycles. The second-order valence-electron chi connectivity index (χ2n) is 8.44. The third-order valence-corrected chi connectivity index (χ3v) is 5.74. The summed E-state index contributed by atoms with van der Waals surface area (Å²) < 4.78 is 46.7. The van der Waals surface area contributed by atoms with Crippen LogP contribution in [0.5, 0.6) is 5.75 Å². The third kappa shape index (κ3) is 5.42. The van der Waals surface area contributed by atoms with Gasteiger partial charge in [0.05, 0.1) is 18.2 Å². The Hall–Kier alpha value is -2.47. The molecule has 0 aliphatic carbocycles. The third-order valence-electron chi connectivity index (χ3n) is 5.41. The number of ether oxygens (including phenoxy) is 1. The van der Waals surface area contributed by atoms with E-state index in [1.807, 2.05) is 20.8 Å². The summed E-state index contributed by atoms with van der Waals surface area (Å²) in [5.41, 5.74) is -1.47. The van der Waals surface area contributed by atoms with Gasteiger partial charge in [-0.2, -0.15) is 13.2 Å². The summed E-state index contributed by atoms with van der Waals surface area (Å²) in [7, 11) is 1.32. The van der Waals surface area contributed by atoms with Crippen molar-refractivity contribution >= 4 is 23.6 Å². The molecule has 0 amide bonds. The van der Waals surface area contributed by atoms with E-state index >= 15 is 0 Å². The van der Waals surface area contributed by atoms with Crippen LogP contribution in [-0.4, -0.2) is 13.4 Å². The van der Waals surface area contributed by atoms with E-state index in [1.54, 1.807) is 37.3 Å². The van der Waals surface area contributed by atoms with Gasteiger partial charge < -0.3 is 10.1 Å². The van der Waals surface area contributed by atoms with Crippen LogP contribution in [0.1, 0.15) is 45.2 Å². The Morgan fingerprint density at radius 1 is 1.10 bits per heavy atom. The van der Waals surface area contributed by atoms with E-state index in [0.29, 0.717) is 22.4 Å². The summed E-state index contributed by atoms with van der Waals surface area (Å²) in [5, 5.41) is 3.60. The van der Waals surface area contributed by atoms with Crippen molar-refractivity contribution < 1.29 is 22.7 Å². The van der Waals surface area contributed by atoms with Gasteiger partial charge in [-0.15, -0.1) is 0 Å². The Balaban J connectivity index is 2.80. The number of aldehydes is 1. The first-order valence-corrected chi connectivity index (χ1v) is 10.1. The molecule has 3 nitrogen and oxygen atoms in total. The first-order chi connectivity index (χ1) is 14.4. The Morgan fingerprint density at radius 3 is 2.26 bits per heavy atom. The number of rotatable bonds is 7. The molecule has 1 unspecified atom stereocenters. The summed E-state index contributed by atoms with van der Waals surface area (Å²) in [5.74, 6) is 0.105. The van der Waals surface area contributed by atoms with Gasteiger partial charge in [0.1, 0.15) is 12.0 Å². The highest BCUT2D eigenvalue weighted by Crippen LogP contribution is 2.49. The molecule has 1 atom stereocenters. The molecule has 2 aromatic carbocycles. The van der Waals surface area contributed by atoms with E-state index in [-0.39, 0.29) is 17.9 Å². The van der Waals surface area contributed by atoms with Gasteiger partial charge in [-0.05, 0) is 54.2 Å². The standard InChI is InChI=1S/C24H27ClF3NO2/c1-16(15-30)12-13-23(22(2,3)4,18-8-6-7-9-20(18)25)29-21-11-10-17(31-5)14-19(21)24(26,27)28/h6-12,14-15,29H,13H2,1-5H3/b16-12+. The molecular formula is C24H27ClF3NO2. The Kier molecular flexibility index (Phi) is 7.48. The maximum absolute atomic E-state index is 13.9. The average Bonchev–Trinajstić information content (AvgIpc) is 2.69. The lowest BCUT2D eigenvalue weighted by molar-refractivity contribution is -0.137. The van der Waals surface area contributed by atoms with E-state index in [0.717, 1.165) is 6.07 Å². The molecule has 31 heavy (non-hydrogen) atoms. The number of allylic oxidation sites excluding steroid dienone is 1. The number of anilines is 1. The van der Waals surface area contributed by atoms with Crippen molar-refractivity contribution in [1.82, 2.24) is 0 Å². The molecule has 0 aliphatic rings. The lowest BCUT2D eigenvalue weighted by Crippen LogP contribution is -2.47. The quantitative estimate of drug-likeness (QED) is 0.354. The van der Waals surface area contributed by atoms with Crippen LogP contribution >= 0.6 is 11.6 Å². The van der Waals surface area contributed by atoms with Crippen molar-refractivity contribution in [1.29, 1.82) is 0 Å². The molecule has 0 spiro atoms.